The Morgan fingerprint density at radius 1 is 1.06 bits per heavy atom. The molecule has 13 heteroatoms. The minimum absolute atomic E-state index is 0.0283. The molecule has 0 aliphatic carbocycles. The second-order valence-electron chi connectivity index (χ2n) is 8.94. The lowest BCUT2D eigenvalue weighted by Crippen LogP contribution is -2.40. The van der Waals surface area contributed by atoms with E-state index < -0.39 is 12.0 Å². The fraction of sp³-hybridized carbons (Fsp3) is 0.773. The van der Waals surface area contributed by atoms with E-state index in [2.05, 4.69) is 26.3 Å². The number of urea groups is 1. The van der Waals surface area contributed by atoms with Gasteiger partial charge in [0.15, 0.2) is 5.96 Å². The van der Waals surface area contributed by atoms with Gasteiger partial charge in [0.1, 0.15) is 6.04 Å². The van der Waals surface area contributed by atoms with Crippen LogP contribution in [0.3, 0.4) is 0 Å². The van der Waals surface area contributed by atoms with E-state index in [0.717, 1.165) is 37.9 Å². The molecule has 0 aromatic rings. The van der Waals surface area contributed by atoms with Crippen molar-refractivity contribution < 1.29 is 24.3 Å². The fourth-order valence-electron chi connectivity index (χ4n) is 4.21. The third-order valence-corrected chi connectivity index (χ3v) is 7.57. The van der Waals surface area contributed by atoms with Crippen molar-refractivity contribution >= 4 is 41.5 Å². The number of carbonyl (C=O) groups is 4. The maximum atomic E-state index is 12.0. The topological polar surface area (TPSA) is 201 Å². The highest BCUT2D eigenvalue weighted by Crippen LogP contribution is 2.33. The van der Waals surface area contributed by atoms with Crippen molar-refractivity contribution in [3.63, 3.8) is 0 Å². The Morgan fingerprint density at radius 2 is 1.80 bits per heavy atom. The Hall–Kier alpha value is -2.70. The van der Waals surface area contributed by atoms with Crippen molar-refractivity contribution in [3.05, 3.63) is 0 Å². The first kappa shape index (κ1) is 28.5. The number of carboxylic acid groups (broad SMARTS) is 1. The number of carbonyl (C=O) groups excluding carboxylic acids is 3. The third kappa shape index (κ3) is 11.1. The van der Waals surface area contributed by atoms with Gasteiger partial charge in [0, 0.05) is 36.9 Å². The number of nitrogens with zero attached hydrogens (tertiary/aromatic N) is 1. The Morgan fingerprint density at radius 3 is 2.54 bits per heavy atom. The van der Waals surface area contributed by atoms with E-state index in [0.29, 0.717) is 37.6 Å². The van der Waals surface area contributed by atoms with Crippen LogP contribution in [0.5, 0.6) is 0 Å². The number of thioether (sulfide) groups is 1. The molecule has 0 radical (unpaired) electrons. The Bertz CT molecular complexity index is 762. The smallest absolute Gasteiger partial charge is 0.326 e. The monoisotopic (exact) mass is 513 g/mol. The summed E-state index contributed by atoms with van der Waals surface area (Å²) in [6, 6.07) is -0.606. The number of amides is 4. The van der Waals surface area contributed by atoms with Crippen molar-refractivity contribution in [1.29, 1.82) is 0 Å². The molecule has 4 atom stereocenters. The van der Waals surface area contributed by atoms with Crippen LogP contribution in [0.4, 0.5) is 4.79 Å². The summed E-state index contributed by atoms with van der Waals surface area (Å²) in [5.74, 6) is -0.465. The Labute approximate surface area is 210 Å². The molecule has 0 aromatic carbocycles. The molecule has 2 fully saturated rings. The van der Waals surface area contributed by atoms with Crippen LogP contribution in [-0.2, 0) is 14.4 Å². The number of unbranched alkanes of at least 4 members (excludes halogenated alkanes) is 3. The lowest BCUT2D eigenvalue weighted by molar-refractivity contribution is -0.142. The van der Waals surface area contributed by atoms with Crippen LogP contribution in [0.1, 0.15) is 64.2 Å². The molecule has 198 valence electrons. The summed E-state index contributed by atoms with van der Waals surface area (Å²) in [6.07, 6.45) is 6.32. The molecule has 0 spiro atoms. The number of aliphatic imine (C=N–C) groups is 1. The van der Waals surface area contributed by atoms with E-state index in [-0.39, 0.29) is 48.7 Å². The van der Waals surface area contributed by atoms with Crippen LogP contribution < -0.4 is 32.7 Å². The fourth-order valence-corrected chi connectivity index (χ4v) is 5.75. The average Bonchev–Trinajstić information content (AvgIpc) is 3.34. The molecule has 0 aromatic heterocycles. The van der Waals surface area contributed by atoms with Crippen LogP contribution in [0.2, 0.25) is 0 Å². The Balaban J connectivity index is 1.45. The molecule has 35 heavy (non-hydrogen) atoms. The van der Waals surface area contributed by atoms with Gasteiger partial charge in [-0.15, -0.1) is 0 Å². The van der Waals surface area contributed by atoms with Gasteiger partial charge in [-0.05, 0) is 38.5 Å². The second-order valence-corrected chi connectivity index (χ2v) is 10.2. The van der Waals surface area contributed by atoms with Crippen LogP contribution >= 0.6 is 11.8 Å². The molecular formula is C22H39N7O5S. The molecule has 12 nitrogen and oxygen atoms in total. The van der Waals surface area contributed by atoms with Gasteiger partial charge in [0.2, 0.25) is 11.8 Å². The van der Waals surface area contributed by atoms with Gasteiger partial charge < -0.3 is 37.8 Å². The van der Waals surface area contributed by atoms with Gasteiger partial charge in [0.05, 0.1) is 12.1 Å². The summed E-state index contributed by atoms with van der Waals surface area (Å²) in [7, 11) is 0. The second kappa shape index (κ2) is 15.3. The minimum atomic E-state index is -1.08. The first-order chi connectivity index (χ1) is 16.8. The number of aliphatic carboxylic acids is 1. The zero-order valence-corrected chi connectivity index (χ0v) is 20.9. The molecule has 2 aliphatic rings. The molecule has 2 aliphatic heterocycles. The lowest BCUT2D eigenvalue weighted by Gasteiger charge is -2.16. The van der Waals surface area contributed by atoms with Gasteiger partial charge in [-0.2, -0.15) is 11.8 Å². The normalized spacial score (nSPS) is 21.4. The maximum absolute atomic E-state index is 12.0. The van der Waals surface area contributed by atoms with Gasteiger partial charge in [0.25, 0.3) is 0 Å². The largest absolute Gasteiger partial charge is 0.480 e. The number of carboxylic acids is 1. The zero-order chi connectivity index (χ0) is 25.6. The van der Waals surface area contributed by atoms with E-state index >= 15 is 0 Å². The number of guanidine groups is 1. The third-order valence-electron chi connectivity index (χ3n) is 6.06. The van der Waals surface area contributed by atoms with Gasteiger partial charge in [-0.1, -0.05) is 12.8 Å². The number of nitrogens with one attached hydrogen (secondary N) is 4. The minimum Gasteiger partial charge on any atom is -0.480 e. The molecule has 0 bridgehead atoms. The van der Waals surface area contributed by atoms with Crippen molar-refractivity contribution in [1.82, 2.24) is 21.3 Å². The van der Waals surface area contributed by atoms with Crippen LogP contribution in [-0.4, -0.2) is 77.1 Å². The number of hydrogen-bond donors (Lipinski definition) is 7. The lowest BCUT2D eigenvalue weighted by atomic mass is 10.0. The summed E-state index contributed by atoms with van der Waals surface area (Å²) in [6.45, 7) is 0.870. The molecule has 0 unspecified atom stereocenters. The highest BCUT2D eigenvalue weighted by atomic mass is 32.2. The summed E-state index contributed by atoms with van der Waals surface area (Å²) in [5.41, 5.74) is 10.5. The average molecular weight is 514 g/mol. The standard InChI is InChI=1S/C22H39N7O5S/c23-21(24)26-12-6-7-14(20(32)33)27-18(31)10-2-1-5-11-25-17(30)9-4-3-8-16-19-15(13-35-16)28-22(34)29-19/h14-16,19H,1-13H2,(H,25,30)(H,27,31)(H,32,33)(H4,23,24,26)(H2,28,29,34)/t14-,15-,16-,19-/m0/s1. The number of rotatable bonds is 17. The van der Waals surface area contributed by atoms with Crippen LogP contribution in [0.15, 0.2) is 4.99 Å². The summed E-state index contributed by atoms with van der Waals surface area (Å²) < 4.78 is 0. The van der Waals surface area contributed by atoms with E-state index in [1.807, 2.05) is 11.8 Å². The Kier molecular flexibility index (Phi) is 12.5. The predicted octanol–water partition coefficient (Wildman–Crippen LogP) is 0.0118. The zero-order valence-electron chi connectivity index (χ0n) is 20.1. The number of hydrogen-bond acceptors (Lipinski definition) is 6. The van der Waals surface area contributed by atoms with Gasteiger partial charge in [-0.3, -0.25) is 14.6 Å². The maximum Gasteiger partial charge on any atom is 0.326 e. The predicted molar refractivity (Wildman–Crippen MR) is 135 cm³/mol. The number of fused-ring (bicyclic) bond motifs is 1. The first-order valence-corrected chi connectivity index (χ1v) is 13.3. The molecule has 0 saturated carbocycles. The molecule has 9 N–H and O–H groups in total. The molecule has 4 amide bonds. The van der Waals surface area contributed by atoms with E-state index in [9.17, 15) is 24.3 Å². The van der Waals surface area contributed by atoms with Crippen LogP contribution in [0.25, 0.3) is 0 Å². The SMILES string of the molecule is NC(N)=NCCC[C@H](NC(=O)CCCCCNC(=O)CCCC[C@@H]1SC[C@@H]2NC(=O)N[C@@H]21)C(=O)O. The molecular weight excluding hydrogens is 474 g/mol. The molecule has 2 heterocycles. The van der Waals surface area contributed by atoms with Crippen molar-refractivity contribution in [2.75, 3.05) is 18.8 Å². The summed E-state index contributed by atoms with van der Waals surface area (Å²) in [4.78, 5) is 50.5. The molecule has 2 rings (SSSR count). The van der Waals surface area contributed by atoms with E-state index in [1.54, 1.807) is 0 Å². The van der Waals surface area contributed by atoms with Crippen molar-refractivity contribution in [2.24, 2.45) is 16.5 Å². The first-order valence-electron chi connectivity index (χ1n) is 12.3. The van der Waals surface area contributed by atoms with Crippen LogP contribution in [0, 0.1) is 0 Å². The van der Waals surface area contributed by atoms with E-state index in [4.69, 9.17) is 11.5 Å². The molecule has 2 saturated heterocycles. The quantitative estimate of drug-likeness (QED) is 0.0610. The van der Waals surface area contributed by atoms with E-state index in [1.165, 1.54) is 0 Å². The summed E-state index contributed by atoms with van der Waals surface area (Å²) in [5, 5.41) is 21.0. The van der Waals surface area contributed by atoms with Gasteiger partial charge in [-0.25, -0.2) is 9.59 Å². The van der Waals surface area contributed by atoms with Crippen molar-refractivity contribution in [3.8, 4) is 0 Å². The number of nitrogens with two attached hydrogens (primary N) is 2. The van der Waals surface area contributed by atoms with Gasteiger partial charge >= 0.3 is 12.0 Å². The van der Waals surface area contributed by atoms with Crippen molar-refractivity contribution in [2.45, 2.75) is 87.6 Å². The summed E-state index contributed by atoms with van der Waals surface area (Å²) >= 11 is 1.88. The highest BCUT2D eigenvalue weighted by molar-refractivity contribution is 8.00. The highest BCUT2D eigenvalue weighted by Gasteiger charge is 2.42.